The van der Waals surface area contributed by atoms with Gasteiger partial charge in [0.2, 0.25) is 5.91 Å². The van der Waals surface area contributed by atoms with Crippen LogP contribution in [-0.2, 0) is 4.79 Å². The highest BCUT2D eigenvalue weighted by atomic mass is 16.2. The first-order valence-electron chi connectivity index (χ1n) is 7.66. The quantitative estimate of drug-likeness (QED) is 0.788. The van der Waals surface area contributed by atoms with Crippen molar-refractivity contribution >= 4 is 5.91 Å². The number of nitrogens with one attached hydrogen (secondary N) is 1. The third-order valence-corrected chi connectivity index (χ3v) is 4.79. The van der Waals surface area contributed by atoms with Crippen molar-refractivity contribution in [2.24, 2.45) is 5.92 Å². The van der Waals surface area contributed by atoms with Crippen LogP contribution in [0.2, 0.25) is 0 Å². The van der Waals surface area contributed by atoms with E-state index in [4.69, 9.17) is 0 Å². The topological polar surface area (TPSA) is 32.3 Å². The van der Waals surface area contributed by atoms with Crippen LogP contribution in [0.5, 0.6) is 0 Å². The van der Waals surface area contributed by atoms with Gasteiger partial charge in [-0.1, -0.05) is 33.6 Å². The fourth-order valence-electron chi connectivity index (χ4n) is 3.11. The maximum Gasteiger partial charge on any atom is 0.244 e. The fraction of sp³-hybridized carbons (Fsp3) is 0.933. The zero-order valence-electron chi connectivity index (χ0n) is 12.3. The van der Waals surface area contributed by atoms with Gasteiger partial charge in [0, 0.05) is 6.04 Å². The summed E-state index contributed by atoms with van der Waals surface area (Å²) in [5, 5.41) is 3.55. The number of rotatable bonds is 6. The Morgan fingerprint density at radius 1 is 1.39 bits per heavy atom. The standard InChI is InChI=1S/C15H28N2O/c1-5-12(10-11-8-9-11)17-13(6-2)16-15(4,7-3)14(17)18/h11-13,16H,5-10H2,1-4H3. The van der Waals surface area contributed by atoms with E-state index in [1.165, 1.54) is 19.3 Å². The van der Waals surface area contributed by atoms with E-state index in [0.29, 0.717) is 11.9 Å². The molecule has 1 saturated carbocycles. The van der Waals surface area contributed by atoms with E-state index in [9.17, 15) is 4.79 Å². The molecule has 1 N–H and O–H groups in total. The molecule has 1 saturated heterocycles. The first-order valence-corrected chi connectivity index (χ1v) is 7.66. The molecule has 2 fully saturated rings. The SMILES string of the molecule is CCC(CC1CC1)N1C(=O)C(C)(CC)NC1CC. The van der Waals surface area contributed by atoms with Crippen LogP contribution in [0.25, 0.3) is 0 Å². The van der Waals surface area contributed by atoms with Crippen molar-refractivity contribution in [3.63, 3.8) is 0 Å². The molecule has 0 radical (unpaired) electrons. The summed E-state index contributed by atoms with van der Waals surface area (Å²) in [4.78, 5) is 14.9. The zero-order chi connectivity index (χ0) is 13.3. The Morgan fingerprint density at radius 2 is 2.06 bits per heavy atom. The minimum Gasteiger partial charge on any atom is -0.323 e. The number of hydrogen-bond donors (Lipinski definition) is 1. The predicted molar refractivity (Wildman–Crippen MR) is 74.2 cm³/mol. The van der Waals surface area contributed by atoms with Crippen molar-refractivity contribution in [2.45, 2.75) is 84.0 Å². The van der Waals surface area contributed by atoms with Crippen molar-refractivity contribution < 1.29 is 4.79 Å². The number of amides is 1. The van der Waals surface area contributed by atoms with Gasteiger partial charge in [-0.2, -0.15) is 0 Å². The average molecular weight is 252 g/mol. The molecule has 3 heteroatoms. The molecule has 0 aromatic rings. The van der Waals surface area contributed by atoms with Gasteiger partial charge in [0.15, 0.2) is 0 Å². The Labute approximate surface area is 111 Å². The number of carbonyl (C=O) groups is 1. The molecule has 2 aliphatic rings. The summed E-state index contributed by atoms with van der Waals surface area (Å²) in [5.41, 5.74) is -0.336. The molecule has 0 bridgehead atoms. The van der Waals surface area contributed by atoms with Gasteiger partial charge in [0.25, 0.3) is 0 Å². The summed E-state index contributed by atoms with van der Waals surface area (Å²) >= 11 is 0. The highest BCUT2D eigenvalue weighted by Gasteiger charge is 2.48. The molecule has 0 aromatic heterocycles. The Morgan fingerprint density at radius 3 is 2.50 bits per heavy atom. The molecule has 1 heterocycles. The minimum absolute atomic E-state index is 0.242. The van der Waals surface area contributed by atoms with Crippen molar-refractivity contribution in [3.8, 4) is 0 Å². The van der Waals surface area contributed by atoms with Crippen LogP contribution in [0.4, 0.5) is 0 Å². The lowest BCUT2D eigenvalue weighted by Gasteiger charge is -2.32. The van der Waals surface area contributed by atoms with Gasteiger partial charge in [-0.25, -0.2) is 0 Å². The van der Waals surface area contributed by atoms with Crippen LogP contribution >= 0.6 is 0 Å². The van der Waals surface area contributed by atoms with Crippen LogP contribution in [-0.4, -0.2) is 28.6 Å². The summed E-state index contributed by atoms with van der Waals surface area (Å²) in [6.45, 7) is 8.54. The highest BCUT2D eigenvalue weighted by molar-refractivity contribution is 5.88. The lowest BCUT2D eigenvalue weighted by molar-refractivity contribution is -0.135. The van der Waals surface area contributed by atoms with Crippen LogP contribution in [0.3, 0.4) is 0 Å². The van der Waals surface area contributed by atoms with Gasteiger partial charge in [-0.15, -0.1) is 0 Å². The third-order valence-electron chi connectivity index (χ3n) is 4.79. The van der Waals surface area contributed by atoms with Crippen molar-refractivity contribution in [1.29, 1.82) is 0 Å². The zero-order valence-corrected chi connectivity index (χ0v) is 12.3. The van der Waals surface area contributed by atoms with Gasteiger partial charge in [-0.3, -0.25) is 10.1 Å². The molecule has 104 valence electrons. The molecule has 0 spiro atoms. The molecule has 3 nitrogen and oxygen atoms in total. The van der Waals surface area contributed by atoms with E-state index in [2.05, 4.69) is 37.9 Å². The van der Waals surface area contributed by atoms with Gasteiger partial charge in [0.1, 0.15) is 0 Å². The lowest BCUT2D eigenvalue weighted by atomic mass is 9.98. The molecule has 0 aromatic carbocycles. The molecule has 2 rings (SSSR count). The van der Waals surface area contributed by atoms with E-state index >= 15 is 0 Å². The summed E-state index contributed by atoms with van der Waals surface area (Å²) in [7, 11) is 0. The number of nitrogens with zero attached hydrogens (tertiary/aromatic N) is 1. The number of carbonyl (C=O) groups excluding carboxylic acids is 1. The summed E-state index contributed by atoms with van der Waals surface area (Å²) < 4.78 is 0. The largest absolute Gasteiger partial charge is 0.323 e. The second-order valence-corrected chi connectivity index (χ2v) is 6.21. The number of hydrogen-bond acceptors (Lipinski definition) is 2. The van der Waals surface area contributed by atoms with Crippen LogP contribution < -0.4 is 5.32 Å². The molecule has 3 atom stereocenters. The van der Waals surface area contributed by atoms with Crippen LogP contribution in [0.1, 0.15) is 66.2 Å². The lowest BCUT2D eigenvalue weighted by Crippen LogP contribution is -2.45. The monoisotopic (exact) mass is 252 g/mol. The van der Waals surface area contributed by atoms with Crippen molar-refractivity contribution in [2.75, 3.05) is 0 Å². The minimum atomic E-state index is -0.336. The molecular weight excluding hydrogens is 224 g/mol. The van der Waals surface area contributed by atoms with Gasteiger partial charge in [0.05, 0.1) is 11.7 Å². The molecule has 3 unspecified atom stereocenters. The average Bonchev–Trinajstić information content (AvgIpc) is 3.15. The molecular formula is C15H28N2O. The Bertz CT molecular complexity index is 314. The van der Waals surface area contributed by atoms with Gasteiger partial charge < -0.3 is 4.90 Å². The Balaban J connectivity index is 2.14. The van der Waals surface area contributed by atoms with E-state index in [0.717, 1.165) is 25.2 Å². The summed E-state index contributed by atoms with van der Waals surface area (Å²) in [6, 6.07) is 0.441. The van der Waals surface area contributed by atoms with E-state index in [-0.39, 0.29) is 11.7 Å². The van der Waals surface area contributed by atoms with E-state index in [1.807, 2.05) is 0 Å². The molecule has 1 aliphatic carbocycles. The van der Waals surface area contributed by atoms with Crippen molar-refractivity contribution in [1.82, 2.24) is 10.2 Å². The maximum atomic E-state index is 12.7. The normalized spacial score (nSPS) is 34.1. The van der Waals surface area contributed by atoms with Gasteiger partial charge in [-0.05, 0) is 38.5 Å². The maximum absolute atomic E-state index is 12.7. The summed E-state index contributed by atoms with van der Waals surface area (Å²) in [6.07, 6.45) is 7.15. The second kappa shape index (κ2) is 5.20. The van der Waals surface area contributed by atoms with Crippen LogP contribution in [0.15, 0.2) is 0 Å². The Kier molecular flexibility index (Phi) is 4.00. The molecule has 1 amide bonds. The van der Waals surface area contributed by atoms with Crippen molar-refractivity contribution in [3.05, 3.63) is 0 Å². The predicted octanol–water partition coefficient (Wildman–Crippen LogP) is 2.90. The van der Waals surface area contributed by atoms with E-state index < -0.39 is 0 Å². The summed E-state index contributed by atoms with van der Waals surface area (Å²) in [5.74, 6) is 1.21. The highest BCUT2D eigenvalue weighted by Crippen LogP contribution is 2.38. The van der Waals surface area contributed by atoms with Crippen LogP contribution in [0, 0.1) is 5.92 Å². The second-order valence-electron chi connectivity index (χ2n) is 6.21. The fourth-order valence-corrected chi connectivity index (χ4v) is 3.11. The smallest absolute Gasteiger partial charge is 0.244 e. The first-order chi connectivity index (χ1) is 8.55. The third kappa shape index (κ3) is 2.42. The van der Waals surface area contributed by atoms with E-state index in [1.54, 1.807) is 0 Å². The molecule has 18 heavy (non-hydrogen) atoms. The van der Waals surface area contributed by atoms with Gasteiger partial charge >= 0.3 is 0 Å². The Hall–Kier alpha value is -0.570. The molecule has 1 aliphatic heterocycles. The first kappa shape index (κ1) is 13.9.